The second kappa shape index (κ2) is 3.62. The molecule has 82 valence electrons. The number of hydrogen-bond donors (Lipinski definition) is 1. The Kier molecular flexibility index (Phi) is 2.35. The van der Waals surface area contributed by atoms with Gasteiger partial charge in [0, 0.05) is 16.9 Å². The first-order valence-corrected chi connectivity index (χ1v) is 6.92. The van der Waals surface area contributed by atoms with Gasteiger partial charge in [-0.15, -0.1) is 11.3 Å². The van der Waals surface area contributed by atoms with Gasteiger partial charge in [0.15, 0.2) is 0 Å². The lowest BCUT2D eigenvalue weighted by Gasteiger charge is -2.21. The topological polar surface area (TPSA) is 20.2 Å². The number of benzene rings is 1. The molecule has 1 atom stereocenters. The number of hydrogen-bond acceptors (Lipinski definition) is 3. The Balaban J connectivity index is 2.19. The van der Waals surface area contributed by atoms with Gasteiger partial charge in [0.25, 0.3) is 0 Å². The van der Waals surface area contributed by atoms with Crippen LogP contribution in [0.4, 0.5) is 0 Å². The molecule has 3 rings (SSSR count). The molecule has 1 aromatic carbocycles. The third-order valence-corrected chi connectivity index (χ3v) is 5.19. The molecule has 0 spiro atoms. The molecular weight excluding hydrogens is 236 g/mol. The van der Waals surface area contributed by atoms with Crippen molar-refractivity contribution in [1.82, 2.24) is 0 Å². The van der Waals surface area contributed by atoms with Crippen LogP contribution in [0, 0.1) is 0 Å². The highest BCUT2D eigenvalue weighted by molar-refractivity contribution is 8.01. The van der Waals surface area contributed by atoms with E-state index < -0.39 is 5.60 Å². The van der Waals surface area contributed by atoms with E-state index in [2.05, 4.69) is 23.6 Å². The van der Waals surface area contributed by atoms with Crippen LogP contribution in [-0.2, 0) is 12.0 Å². The van der Waals surface area contributed by atoms with Gasteiger partial charge in [-0.2, -0.15) is 0 Å². The van der Waals surface area contributed by atoms with Gasteiger partial charge >= 0.3 is 0 Å². The summed E-state index contributed by atoms with van der Waals surface area (Å²) in [6.07, 6.45) is 0.694. The van der Waals surface area contributed by atoms with Crippen LogP contribution < -0.4 is 0 Å². The average molecular weight is 248 g/mol. The lowest BCUT2D eigenvalue weighted by Crippen LogP contribution is -2.23. The Labute approximate surface area is 103 Å². The summed E-state index contributed by atoms with van der Waals surface area (Å²) in [5, 5.41) is 12.6. The largest absolute Gasteiger partial charge is 0.385 e. The molecule has 0 radical (unpaired) electrons. The van der Waals surface area contributed by atoms with Crippen LogP contribution in [0.25, 0.3) is 0 Å². The maximum absolute atomic E-state index is 10.5. The molecule has 0 bridgehead atoms. The third kappa shape index (κ3) is 1.59. The molecule has 1 aromatic heterocycles. The number of thiophene rings is 1. The molecule has 1 aliphatic heterocycles. The molecule has 0 aliphatic carbocycles. The number of aliphatic hydroxyl groups is 1. The van der Waals surface area contributed by atoms with E-state index in [1.165, 1.54) is 14.7 Å². The average Bonchev–Trinajstić information content (AvgIpc) is 2.66. The molecule has 1 aliphatic rings. The van der Waals surface area contributed by atoms with Crippen molar-refractivity contribution in [3.8, 4) is 0 Å². The molecule has 2 heterocycles. The van der Waals surface area contributed by atoms with Crippen molar-refractivity contribution in [2.75, 3.05) is 0 Å². The van der Waals surface area contributed by atoms with Crippen LogP contribution in [0.3, 0.4) is 0 Å². The van der Waals surface area contributed by atoms with Crippen molar-refractivity contribution in [2.45, 2.75) is 28.1 Å². The molecule has 3 heteroatoms. The SMILES string of the molecule is CC1(O)Cc2ccccc2Sc2sccc21. The predicted octanol–water partition coefficient (Wildman–Crippen LogP) is 3.66. The molecule has 0 fully saturated rings. The zero-order valence-corrected chi connectivity index (χ0v) is 10.6. The second-order valence-electron chi connectivity index (χ2n) is 4.28. The standard InChI is InChI=1S/C13H12OS2/c1-13(14)8-9-4-2-3-5-11(9)16-12-10(13)6-7-15-12/h2-7,14H,8H2,1H3. The quantitative estimate of drug-likeness (QED) is 0.767. The fourth-order valence-corrected chi connectivity index (χ4v) is 4.48. The fourth-order valence-electron chi connectivity index (χ4n) is 2.09. The summed E-state index contributed by atoms with van der Waals surface area (Å²) >= 11 is 3.48. The van der Waals surface area contributed by atoms with E-state index in [0.29, 0.717) is 6.42 Å². The lowest BCUT2D eigenvalue weighted by atomic mass is 9.91. The normalized spacial score (nSPS) is 23.4. The van der Waals surface area contributed by atoms with Crippen LogP contribution >= 0.6 is 23.1 Å². The Bertz CT molecular complexity index is 528. The Morgan fingerprint density at radius 1 is 1.25 bits per heavy atom. The first kappa shape index (κ1) is 10.4. The van der Waals surface area contributed by atoms with E-state index in [0.717, 1.165) is 5.56 Å². The summed E-state index contributed by atoms with van der Waals surface area (Å²) in [6, 6.07) is 10.4. The van der Waals surface area contributed by atoms with E-state index >= 15 is 0 Å². The molecule has 16 heavy (non-hydrogen) atoms. The Morgan fingerprint density at radius 2 is 2.06 bits per heavy atom. The van der Waals surface area contributed by atoms with E-state index in [1.807, 2.05) is 19.1 Å². The van der Waals surface area contributed by atoms with Crippen molar-refractivity contribution >= 4 is 23.1 Å². The molecule has 2 aromatic rings. The summed E-state index contributed by atoms with van der Waals surface area (Å²) in [7, 11) is 0. The highest BCUT2D eigenvalue weighted by Crippen LogP contribution is 2.45. The molecule has 0 saturated carbocycles. The monoisotopic (exact) mass is 248 g/mol. The van der Waals surface area contributed by atoms with Gasteiger partial charge in [-0.1, -0.05) is 30.0 Å². The van der Waals surface area contributed by atoms with E-state index in [1.54, 1.807) is 23.1 Å². The summed E-state index contributed by atoms with van der Waals surface area (Å²) < 4.78 is 1.22. The van der Waals surface area contributed by atoms with Gasteiger partial charge in [0.2, 0.25) is 0 Å². The zero-order chi connectivity index (χ0) is 11.2. The maximum Gasteiger partial charge on any atom is 0.0928 e. The number of fused-ring (bicyclic) bond motifs is 2. The highest BCUT2D eigenvalue weighted by Gasteiger charge is 2.31. The molecule has 1 unspecified atom stereocenters. The smallest absolute Gasteiger partial charge is 0.0928 e. The van der Waals surface area contributed by atoms with Crippen molar-refractivity contribution in [3.05, 3.63) is 46.8 Å². The van der Waals surface area contributed by atoms with Crippen molar-refractivity contribution < 1.29 is 5.11 Å². The highest BCUT2D eigenvalue weighted by atomic mass is 32.2. The summed E-state index contributed by atoms with van der Waals surface area (Å²) in [5.41, 5.74) is 1.56. The van der Waals surface area contributed by atoms with Crippen LogP contribution in [0.15, 0.2) is 44.8 Å². The van der Waals surface area contributed by atoms with Crippen molar-refractivity contribution in [1.29, 1.82) is 0 Å². The maximum atomic E-state index is 10.5. The molecule has 0 amide bonds. The van der Waals surface area contributed by atoms with Crippen molar-refractivity contribution in [2.24, 2.45) is 0 Å². The first-order valence-electron chi connectivity index (χ1n) is 5.23. The second-order valence-corrected chi connectivity index (χ2v) is 6.51. The molecule has 1 N–H and O–H groups in total. The van der Waals surface area contributed by atoms with Gasteiger partial charge in [-0.25, -0.2) is 0 Å². The van der Waals surface area contributed by atoms with Gasteiger partial charge in [0.1, 0.15) is 0 Å². The third-order valence-electron chi connectivity index (χ3n) is 2.92. The van der Waals surface area contributed by atoms with Gasteiger partial charge < -0.3 is 5.11 Å². The van der Waals surface area contributed by atoms with Crippen molar-refractivity contribution in [3.63, 3.8) is 0 Å². The predicted molar refractivity (Wildman–Crippen MR) is 68.2 cm³/mol. The zero-order valence-electron chi connectivity index (χ0n) is 8.93. The van der Waals surface area contributed by atoms with Crippen LogP contribution in [0.5, 0.6) is 0 Å². The minimum atomic E-state index is -0.741. The van der Waals surface area contributed by atoms with Crippen LogP contribution in [-0.4, -0.2) is 5.11 Å². The summed E-state index contributed by atoms with van der Waals surface area (Å²) in [5.74, 6) is 0. The van der Waals surface area contributed by atoms with Crippen LogP contribution in [0.2, 0.25) is 0 Å². The Hall–Kier alpha value is -0.770. The minimum absolute atomic E-state index is 0.694. The Morgan fingerprint density at radius 3 is 2.94 bits per heavy atom. The minimum Gasteiger partial charge on any atom is -0.385 e. The molecule has 0 saturated heterocycles. The first-order chi connectivity index (χ1) is 7.67. The lowest BCUT2D eigenvalue weighted by molar-refractivity contribution is 0.0556. The number of rotatable bonds is 0. The van der Waals surface area contributed by atoms with Gasteiger partial charge in [-0.3, -0.25) is 0 Å². The van der Waals surface area contributed by atoms with Crippen LogP contribution in [0.1, 0.15) is 18.1 Å². The molecule has 1 nitrogen and oxygen atoms in total. The summed E-state index contributed by atoms with van der Waals surface area (Å²) in [6.45, 7) is 1.90. The van der Waals surface area contributed by atoms with Gasteiger partial charge in [-0.05, 0) is 30.0 Å². The molecular formula is C13H12OS2. The van der Waals surface area contributed by atoms with Gasteiger partial charge in [0.05, 0.1) is 9.81 Å². The van der Waals surface area contributed by atoms with E-state index in [4.69, 9.17) is 0 Å². The summed E-state index contributed by atoms with van der Waals surface area (Å²) in [4.78, 5) is 1.27. The van der Waals surface area contributed by atoms with E-state index in [9.17, 15) is 5.11 Å². The van der Waals surface area contributed by atoms with E-state index in [-0.39, 0.29) is 0 Å². The fraction of sp³-hybridized carbons (Fsp3) is 0.231.